The van der Waals surface area contributed by atoms with Crippen LogP contribution in [0.25, 0.3) is 0 Å². The average Bonchev–Trinajstić information content (AvgIpc) is 3.22. The highest BCUT2D eigenvalue weighted by Crippen LogP contribution is 2.45. The van der Waals surface area contributed by atoms with Crippen LogP contribution >= 0.6 is 15.6 Å². The number of rotatable bonds is 72. The van der Waals surface area contributed by atoms with Crippen LogP contribution in [-0.2, 0) is 65.4 Å². The van der Waals surface area contributed by atoms with E-state index in [4.69, 9.17) is 37.0 Å². The van der Waals surface area contributed by atoms with E-state index in [2.05, 4.69) is 34.6 Å². The minimum Gasteiger partial charge on any atom is -0.462 e. The Balaban J connectivity index is 5.19. The van der Waals surface area contributed by atoms with Crippen molar-refractivity contribution in [1.82, 2.24) is 0 Å². The highest BCUT2D eigenvalue weighted by Gasteiger charge is 2.30. The van der Waals surface area contributed by atoms with Gasteiger partial charge in [0.25, 0.3) is 0 Å². The Morgan fingerprint density at radius 2 is 0.505 bits per heavy atom. The quantitative estimate of drug-likeness (QED) is 0.0222. The molecular weight excluding hydrogens is 1200 g/mol. The summed E-state index contributed by atoms with van der Waals surface area (Å²) < 4.78 is 68.3. The van der Waals surface area contributed by atoms with Crippen molar-refractivity contribution in [2.24, 2.45) is 5.92 Å². The van der Waals surface area contributed by atoms with E-state index in [-0.39, 0.29) is 25.7 Å². The van der Waals surface area contributed by atoms with Gasteiger partial charge in [0.2, 0.25) is 0 Å². The van der Waals surface area contributed by atoms with E-state index in [1.54, 1.807) is 0 Å². The van der Waals surface area contributed by atoms with Gasteiger partial charge in [0.1, 0.15) is 19.3 Å². The van der Waals surface area contributed by atoms with E-state index in [0.717, 1.165) is 109 Å². The first-order chi connectivity index (χ1) is 44.0. The number of carbonyl (C=O) groups excluding carboxylic acids is 4. The van der Waals surface area contributed by atoms with E-state index in [1.807, 2.05) is 0 Å². The number of hydrogen-bond donors (Lipinski definition) is 3. The molecule has 0 amide bonds. The topological polar surface area (TPSA) is 237 Å². The fourth-order valence-corrected chi connectivity index (χ4v) is 12.6. The number of ether oxygens (including phenoxy) is 4. The zero-order valence-corrected chi connectivity index (χ0v) is 60.8. The van der Waals surface area contributed by atoms with Crippen molar-refractivity contribution in [1.29, 1.82) is 0 Å². The number of aliphatic hydroxyl groups is 1. The first-order valence-corrected chi connectivity index (χ1v) is 40.6. The van der Waals surface area contributed by atoms with E-state index < -0.39 is 97.5 Å². The zero-order chi connectivity index (χ0) is 67.0. The van der Waals surface area contributed by atoms with Crippen molar-refractivity contribution >= 4 is 39.5 Å². The number of carbonyl (C=O) groups is 4. The molecule has 540 valence electrons. The fraction of sp³-hybridized carbons (Fsp3) is 0.944. The third-order valence-corrected chi connectivity index (χ3v) is 18.7. The molecule has 0 aromatic carbocycles. The second-order valence-electron chi connectivity index (χ2n) is 26.5. The SMILES string of the molecule is CCCCCCCCCCCCCCCCCCCCC(=O)O[C@H](COC(=O)CCCCCCCCCCCCCCCCC)COP(=O)(O)OC[C@@H](O)COP(=O)(O)OC[C@@H](COC(=O)CCCCCCCCC)OC(=O)CCCCCCCCCCC(C)C. The van der Waals surface area contributed by atoms with Crippen molar-refractivity contribution < 1.29 is 80.2 Å². The van der Waals surface area contributed by atoms with Crippen LogP contribution in [0.2, 0.25) is 0 Å². The van der Waals surface area contributed by atoms with Gasteiger partial charge in [0.05, 0.1) is 26.4 Å². The fourth-order valence-electron chi connectivity index (χ4n) is 11.0. The van der Waals surface area contributed by atoms with Gasteiger partial charge < -0.3 is 33.8 Å². The molecule has 0 heterocycles. The molecule has 91 heavy (non-hydrogen) atoms. The first kappa shape index (κ1) is 89.1. The number of phosphoric acid groups is 2. The molecule has 3 N–H and O–H groups in total. The lowest BCUT2D eigenvalue weighted by molar-refractivity contribution is -0.161. The molecule has 2 unspecified atom stereocenters. The summed E-state index contributed by atoms with van der Waals surface area (Å²) in [5.74, 6) is -1.41. The molecule has 0 saturated carbocycles. The maximum absolute atomic E-state index is 13.0. The van der Waals surface area contributed by atoms with Crippen molar-refractivity contribution in [3.05, 3.63) is 0 Å². The van der Waals surface area contributed by atoms with Gasteiger partial charge in [-0.05, 0) is 31.6 Å². The average molecular weight is 1340 g/mol. The molecule has 0 aliphatic heterocycles. The highest BCUT2D eigenvalue weighted by atomic mass is 31.2. The van der Waals surface area contributed by atoms with Gasteiger partial charge in [-0.25, -0.2) is 9.13 Å². The van der Waals surface area contributed by atoms with E-state index >= 15 is 0 Å². The molecule has 17 nitrogen and oxygen atoms in total. The van der Waals surface area contributed by atoms with Crippen LogP contribution in [0.15, 0.2) is 0 Å². The first-order valence-electron chi connectivity index (χ1n) is 37.6. The monoisotopic (exact) mass is 1340 g/mol. The van der Waals surface area contributed by atoms with Crippen molar-refractivity contribution in [3.8, 4) is 0 Å². The van der Waals surface area contributed by atoms with Gasteiger partial charge in [-0.15, -0.1) is 0 Å². The molecule has 5 atom stereocenters. The Morgan fingerprint density at radius 3 is 0.747 bits per heavy atom. The lowest BCUT2D eigenvalue weighted by Crippen LogP contribution is -2.30. The molecule has 0 aromatic heterocycles. The molecule has 0 fully saturated rings. The lowest BCUT2D eigenvalue weighted by Gasteiger charge is -2.21. The molecule has 0 aliphatic rings. The molecule has 0 bridgehead atoms. The van der Waals surface area contributed by atoms with Crippen LogP contribution in [0, 0.1) is 5.92 Å². The van der Waals surface area contributed by atoms with Crippen molar-refractivity contribution in [2.75, 3.05) is 39.6 Å². The summed E-state index contributed by atoms with van der Waals surface area (Å²) in [5.41, 5.74) is 0. The molecule has 0 aromatic rings. The van der Waals surface area contributed by atoms with Crippen LogP contribution in [0.4, 0.5) is 0 Å². The van der Waals surface area contributed by atoms with Gasteiger partial charge in [-0.2, -0.15) is 0 Å². The Labute approximate surface area is 556 Å². The summed E-state index contributed by atoms with van der Waals surface area (Å²) in [4.78, 5) is 72.5. The Hall–Kier alpha value is -1.94. The third-order valence-electron chi connectivity index (χ3n) is 16.8. The van der Waals surface area contributed by atoms with Gasteiger partial charge in [0, 0.05) is 25.7 Å². The largest absolute Gasteiger partial charge is 0.472 e. The molecule has 19 heteroatoms. The summed E-state index contributed by atoms with van der Waals surface area (Å²) in [6, 6.07) is 0. The molecular formula is C72H140O17P2. The smallest absolute Gasteiger partial charge is 0.462 e. The van der Waals surface area contributed by atoms with Gasteiger partial charge >= 0.3 is 39.5 Å². The maximum Gasteiger partial charge on any atom is 0.472 e. The zero-order valence-electron chi connectivity index (χ0n) is 59.0. The Morgan fingerprint density at radius 1 is 0.297 bits per heavy atom. The maximum atomic E-state index is 13.0. The number of esters is 4. The second-order valence-corrected chi connectivity index (χ2v) is 29.4. The summed E-state index contributed by atoms with van der Waals surface area (Å²) in [7, 11) is -9.90. The molecule has 0 aliphatic carbocycles. The second kappa shape index (κ2) is 65.4. The van der Waals surface area contributed by atoms with Crippen LogP contribution in [0.3, 0.4) is 0 Å². The lowest BCUT2D eigenvalue weighted by atomic mass is 10.0. The van der Waals surface area contributed by atoms with Crippen molar-refractivity contribution in [3.63, 3.8) is 0 Å². The summed E-state index contributed by atoms with van der Waals surface area (Å²) in [6.45, 7) is 7.18. The number of aliphatic hydroxyl groups excluding tert-OH is 1. The highest BCUT2D eigenvalue weighted by molar-refractivity contribution is 7.47. The van der Waals surface area contributed by atoms with Crippen LogP contribution < -0.4 is 0 Å². The minimum absolute atomic E-state index is 0.104. The summed E-state index contributed by atoms with van der Waals surface area (Å²) >= 11 is 0. The van der Waals surface area contributed by atoms with Gasteiger partial charge in [0.15, 0.2) is 12.2 Å². The summed E-state index contributed by atoms with van der Waals surface area (Å²) in [5, 5.41) is 10.6. The third kappa shape index (κ3) is 66.5. The Bertz CT molecular complexity index is 1750. The van der Waals surface area contributed by atoms with E-state index in [0.29, 0.717) is 25.7 Å². The predicted molar refractivity (Wildman–Crippen MR) is 368 cm³/mol. The number of hydrogen-bond acceptors (Lipinski definition) is 15. The Kier molecular flexibility index (Phi) is 64.0. The van der Waals surface area contributed by atoms with Crippen molar-refractivity contribution in [2.45, 2.75) is 393 Å². The van der Waals surface area contributed by atoms with Gasteiger partial charge in [-0.1, -0.05) is 324 Å². The molecule has 0 radical (unpaired) electrons. The van der Waals surface area contributed by atoms with E-state index in [1.165, 1.54) is 186 Å². The van der Waals surface area contributed by atoms with Crippen LogP contribution in [0.5, 0.6) is 0 Å². The van der Waals surface area contributed by atoms with Gasteiger partial charge in [-0.3, -0.25) is 37.3 Å². The molecule has 0 spiro atoms. The number of phosphoric ester groups is 2. The summed E-state index contributed by atoms with van der Waals surface area (Å²) in [6.07, 6.45) is 52.9. The normalized spacial score (nSPS) is 14.0. The van der Waals surface area contributed by atoms with Crippen LogP contribution in [0.1, 0.15) is 375 Å². The van der Waals surface area contributed by atoms with Crippen LogP contribution in [-0.4, -0.2) is 96.7 Å². The molecule has 0 saturated heterocycles. The predicted octanol–water partition coefficient (Wildman–Crippen LogP) is 20.9. The molecule has 0 rings (SSSR count). The standard InChI is InChI=1S/C72H140O17P2/c1-6-9-12-15-18-20-22-24-26-27-28-30-32-34-36-42-47-52-57-71(76)88-68(62-83-70(75)56-51-46-41-35-33-31-29-25-23-21-19-16-13-10-7-2)64-87-91(80,81)85-60-66(73)59-84-90(78,79)86-63-67(61-82-69(74)55-50-45-39-17-14-11-8-3)89-72(77)58-53-48-43-38-37-40-44-49-54-65(4)5/h65-68,73H,6-64H2,1-5H3,(H,78,79)(H,80,81)/t66-,67+,68+/m0/s1. The minimum atomic E-state index is -4.95. The van der Waals surface area contributed by atoms with E-state index in [9.17, 15) is 43.2 Å². The number of unbranched alkanes of at least 4 members (excludes halogenated alkanes) is 44.